The Balaban J connectivity index is 1.56. The van der Waals surface area contributed by atoms with Gasteiger partial charge in [-0.05, 0) is 49.9 Å². The predicted octanol–water partition coefficient (Wildman–Crippen LogP) is 7.08. The summed E-state index contributed by atoms with van der Waals surface area (Å²) >= 11 is 6.45. The van der Waals surface area contributed by atoms with Gasteiger partial charge in [-0.1, -0.05) is 43.6 Å². The number of fused-ring (bicyclic) bond motifs is 2. The second-order valence-electron chi connectivity index (χ2n) is 10.4. The minimum absolute atomic E-state index is 0.0407. The second-order valence-corrected chi connectivity index (χ2v) is 10.8. The largest absolute Gasteiger partial charge is 0.488 e. The van der Waals surface area contributed by atoms with Gasteiger partial charge in [0.1, 0.15) is 5.82 Å². The number of anilines is 1. The summed E-state index contributed by atoms with van der Waals surface area (Å²) in [5.41, 5.74) is 7.22. The Bertz CT molecular complexity index is 1670. The molecule has 0 spiro atoms. The van der Waals surface area contributed by atoms with Crippen molar-refractivity contribution in [3.63, 3.8) is 0 Å². The van der Waals surface area contributed by atoms with Crippen LogP contribution in [0.4, 0.5) is 10.3 Å². The van der Waals surface area contributed by atoms with Crippen molar-refractivity contribution in [2.45, 2.75) is 59.6 Å². The zero-order chi connectivity index (χ0) is 28.0. The molecule has 40 heavy (non-hydrogen) atoms. The standard InChI is InChI=1S/C31H32ClFN6O/c1-5-19-8-7-9-20(6-2)29(19)39-30(27-22-10-12-34-28(22)24(32)14-25(27)33)23-17-38(13-11-26(23)37-39)31-35-15-21(16-36-31)40-18(3)4/h7-10,12,14-16,18,34H,5-6,11,13,17H2,1-4H3. The maximum absolute atomic E-state index is 16.0. The fourth-order valence-corrected chi connectivity index (χ4v) is 5.91. The molecule has 6 rings (SSSR count). The highest BCUT2D eigenvalue weighted by atomic mass is 35.5. The molecule has 0 saturated heterocycles. The van der Waals surface area contributed by atoms with Crippen LogP contribution in [-0.2, 0) is 25.8 Å². The summed E-state index contributed by atoms with van der Waals surface area (Å²) < 4.78 is 23.7. The molecule has 1 aliphatic heterocycles. The Kier molecular flexibility index (Phi) is 6.96. The normalized spacial score (nSPS) is 13.3. The van der Waals surface area contributed by atoms with Crippen LogP contribution in [0.3, 0.4) is 0 Å². The van der Waals surface area contributed by atoms with Crippen LogP contribution in [0.5, 0.6) is 5.75 Å². The third-order valence-corrected chi connectivity index (χ3v) is 7.76. The summed E-state index contributed by atoms with van der Waals surface area (Å²) in [7, 11) is 0. The number of aryl methyl sites for hydroxylation is 2. The van der Waals surface area contributed by atoms with Crippen molar-refractivity contribution in [3.8, 4) is 22.7 Å². The zero-order valence-corrected chi connectivity index (χ0v) is 23.9. The highest BCUT2D eigenvalue weighted by Gasteiger charge is 2.31. The number of hydrogen-bond donors (Lipinski definition) is 1. The lowest BCUT2D eigenvalue weighted by molar-refractivity contribution is 0.240. The molecule has 5 aromatic rings. The van der Waals surface area contributed by atoms with Crippen LogP contribution in [-0.4, -0.2) is 37.4 Å². The summed E-state index contributed by atoms with van der Waals surface area (Å²) in [5.74, 6) is 0.856. The van der Waals surface area contributed by atoms with Crippen LogP contribution in [0.1, 0.15) is 50.1 Å². The van der Waals surface area contributed by atoms with Crippen LogP contribution in [0, 0.1) is 5.82 Å². The Morgan fingerprint density at radius 3 is 2.50 bits per heavy atom. The average molecular weight is 559 g/mol. The molecule has 0 radical (unpaired) electrons. The maximum atomic E-state index is 16.0. The molecule has 1 aliphatic rings. The SMILES string of the molecule is CCc1cccc(CC)c1-n1nc2c(c1-c1c(F)cc(Cl)c3[nH]ccc13)CN(c1ncc(OC(C)C)cn1)CC2. The molecule has 0 fully saturated rings. The summed E-state index contributed by atoms with van der Waals surface area (Å²) in [4.78, 5) is 14.5. The quantitative estimate of drug-likeness (QED) is 0.231. The van der Waals surface area contributed by atoms with Gasteiger partial charge in [-0.3, -0.25) is 0 Å². The molecule has 0 unspecified atom stereocenters. The fourth-order valence-electron chi connectivity index (χ4n) is 5.66. The van der Waals surface area contributed by atoms with Crippen molar-refractivity contribution in [3.05, 3.63) is 82.1 Å². The number of halogens is 2. The van der Waals surface area contributed by atoms with Gasteiger partial charge in [-0.2, -0.15) is 5.10 Å². The number of ether oxygens (including phenoxy) is 1. The molecular formula is C31H32ClFN6O. The molecule has 2 aromatic carbocycles. The third-order valence-electron chi connectivity index (χ3n) is 7.46. The molecule has 0 atom stereocenters. The van der Waals surface area contributed by atoms with Crippen LogP contribution >= 0.6 is 11.6 Å². The van der Waals surface area contributed by atoms with Gasteiger partial charge in [0.2, 0.25) is 5.95 Å². The fraction of sp³-hybridized carbons (Fsp3) is 0.323. The van der Waals surface area contributed by atoms with Gasteiger partial charge in [0.05, 0.1) is 46.1 Å². The first-order valence-corrected chi connectivity index (χ1v) is 14.2. The van der Waals surface area contributed by atoms with E-state index in [2.05, 4.69) is 51.9 Å². The average Bonchev–Trinajstić information content (AvgIpc) is 3.58. The second kappa shape index (κ2) is 10.6. The van der Waals surface area contributed by atoms with E-state index in [4.69, 9.17) is 21.4 Å². The maximum Gasteiger partial charge on any atom is 0.225 e. The van der Waals surface area contributed by atoms with Gasteiger partial charge in [-0.25, -0.2) is 19.0 Å². The van der Waals surface area contributed by atoms with Gasteiger partial charge >= 0.3 is 0 Å². The third kappa shape index (κ3) is 4.50. The lowest BCUT2D eigenvalue weighted by Crippen LogP contribution is -2.31. The van der Waals surface area contributed by atoms with Gasteiger partial charge < -0.3 is 14.6 Å². The number of rotatable bonds is 7. The predicted molar refractivity (Wildman–Crippen MR) is 157 cm³/mol. The van der Waals surface area contributed by atoms with Gasteiger partial charge in [0, 0.05) is 42.2 Å². The van der Waals surface area contributed by atoms with E-state index in [9.17, 15) is 0 Å². The molecule has 9 heteroatoms. The number of benzene rings is 2. The van der Waals surface area contributed by atoms with Gasteiger partial charge in [-0.15, -0.1) is 0 Å². The molecular weight excluding hydrogens is 527 g/mol. The molecule has 0 saturated carbocycles. The Labute approximate surface area is 238 Å². The van der Waals surface area contributed by atoms with E-state index in [-0.39, 0.29) is 11.9 Å². The lowest BCUT2D eigenvalue weighted by Gasteiger charge is -2.27. The van der Waals surface area contributed by atoms with Crippen molar-refractivity contribution in [2.75, 3.05) is 11.4 Å². The summed E-state index contributed by atoms with van der Waals surface area (Å²) in [5, 5.41) is 6.24. The molecule has 0 bridgehead atoms. The summed E-state index contributed by atoms with van der Waals surface area (Å²) in [6.45, 7) is 9.42. The number of H-pyrrole nitrogens is 1. The first-order valence-electron chi connectivity index (χ1n) is 13.8. The molecule has 0 amide bonds. The van der Waals surface area contributed by atoms with Crippen LogP contribution in [0.15, 0.2) is 48.9 Å². The van der Waals surface area contributed by atoms with Crippen LogP contribution in [0.25, 0.3) is 27.8 Å². The highest BCUT2D eigenvalue weighted by molar-refractivity contribution is 6.35. The molecule has 7 nitrogen and oxygen atoms in total. The number of hydrogen-bond acceptors (Lipinski definition) is 5. The van der Waals surface area contributed by atoms with Crippen LogP contribution in [0.2, 0.25) is 5.02 Å². The number of aromatic amines is 1. The van der Waals surface area contributed by atoms with E-state index in [1.165, 1.54) is 17.2 Å². The van der Waals surface area contributed by atoms with E-state index < -0.39 is 0 Å². The molecule has 3 aromatic heterocycles. The minimum atomic E-state index is -0.378. The lowest BCUT2D eigenvalue weighted by atomic mass is 9.97. The Morgan fingerprint density at radius 1 is 1.10 bits per heavy atom. The van der Waals surface area contributed by atoms with Gasteiger partial charge in [0.15, 0.2) is 5.75 Å². The number of nitrogens with zero attached hydrogens (tertiary/aromatic N) is 5. The van der Waals surface area contributed by atoms with Crippen LogP contribution < -0.4 is 9.64 Å². The Hall–Kier alpha value is -3.91. The minimum Gasteiger partial charge on any atom is -0.488 e. The van der Waals surface area contributed by atoms with E-state index in [1.54, 1.807) is 18.6 Å². The van der Waals surface area contributed by atoms with Crippen molar-refractivity contribution in [1.82, 2.24) is 24.7 Å². The molecule has 0 aliphatic carbocycles. The van der Waals surface area contributed by atoms with Crippen molar-refractivity contribution in [1.29, 1.82) is 0 Å². The van der Waals surface area contributed by atoms with E-state index in [1.807, 2.05) is 24.6 Å². The smallest absolute Gasteiger partial charge is 0.225 e. The summed E-state index contributed by atoms with van der Waals surface area (Å²) in [6.07, 6.45) is 7.60. The molecule has 1 N–H and O–H groups in total. The van der Waals surface area contributed by atoms with Crippen molar-refractivity contribution >= 4 is 28.5 Å². The van der Waals surface area contributed by atoms with E-state index in [0.29, 0.717) is 47.3 Å². The topological polar surface area (TPSA) is 71.9 Å². The van der Waals surface area contributed by atoms with E-state index in [0.717, 1.165) is 40.9 Å². The monoisotopic (exact) mass is 558 g/mol. The van der Waals surface area contributed by atoms with E-state index >= 15 is 4.39 Å². The molecule has 4 heterocycles. The number of nitrogens with one attached hydrogen (secondary N) is 1. The van der Waals surface area contributed by atoms with Gasteiger partial charge in [0.25, 0.3) is 0 Å². The first kappa shape index (κ1) is 26.3. The zero-order valence-electron chi connectivity index (χ0n) is 23.1. The highest BCUT2D eigenvalue weighted by Crippen LogP contribution is 2.41. The summed E-state index contributed by atoms with van der Waals surface area (Å²) in [6, 6.07) is 9.62. The van der Waals surface area contributed by atoms with Crippen molar-refractivity contribution in [2.24, 2.45) is 0 Å². The molecule has 206 valence electrons. The number of aromatic nitrogens is 5. The first-order chi connectivity index (χ1) is 19.4. The number of para-hydroxylation sites is 1. The van der Waals surface area contributed by atoms with Crippen molar-refractivity contribution < 1.29 is 9.13 Å². The Morgan fingerprint density at radius 2 is 1.82 bits per heavy atom.